The van der Waals surface area contributed by atoms with Gasteiger partial charge in [-0.25, -0.2) is 0 Å². The van der Waals surface area contributed by atoms with Crippen LogP contribution in [0.4, 0.5) is 5.69 Å². The maximum Gasteiger partial charge on any atom is 0.273 e. The van der Waals surface area contributed by atoms with Crippen LogP contribution in [0.2, 0.25) is 0 Å². The van der Waals surface area contributed by atoms with E-state index in [1.54, 1.807) is 0 Å². The second-order valence-electron chi connectivity index (χ2n) is 2.27. The molecule has 0 bridgehead atoms. The molecule has 0 aliphatic heterocycles. The van der Waals surface area contributed by atoms with Gasteiger partial charge >= 0.3 is 0 Å². The number of carbonyl (C=O) groups excluding carboxylic acids is 1. The summed E-state index contributed by atoms with van der Waals surface area (Å²) in [5.41, 5.74) is -0.475. The van der Waals surface area contributed by atoms with Crippen molar-refractivity contribution in [2.45, 2.75) is 0 Å². The van der Waals surface area contributed by atoms with Gasteiger partial charge in [0.2, 0.25) is 0 Å². The van der Waals surface area contributed by atoms with E-state index < -0.39 is 10.2 Å². The van der Waals surface area contributed by atoms with E-state index in [0.29, 0.717) is 0 Å². The Balaban J connectivity index is 3.26. The fraction of sp³-hybridized carbons (Fsp3) is 0. The van der Waals surface area contributed by atoms with Crippen LogP contribution in [0, 0.1) is 10.1 Å². The Morgan fingerprint density at radius 1 is 1.46 bits per heavy atom. The SMILES string of the molecule is O=C(Cl)c1cc(O)cc([N+](=O)[O-])c1. The highest BCUT2D eigenvalue weighted by Gasteiger charge is 2.12. The molecule has 1 aromatic carbocycles. The van der Waals surface area contributed by atoms with Crippen LogP contribution < -0.4 is 0 Å². The third-order valence-corrected chi connectivity index (χ3v) is 1.56. The Labute approximate surface area is 77.7 Å². The molecule has 0 heterocycles. The Hall–Kier alpha value is -1.62. The highest BCUT2D eigenvalue weighted by molar-refractivity contribution is 6.67. The molecule has 0 aromatic heterocycles. The Kier molecular flexibility index (Phi) is 2.48. The fourth-order valence-corrected chi connectivity index (χ4v) is 0.923. The summed E-state index contributed by atoms with van der Waals surface area (Å²) in [6.07, 6.45) is 0. The number of non-ortho nitro benzene ring substituents is 1. The van der Waals surface area contributed by atoms with Crippen LogP contribution in [-0.4, -0.2) is 15.3 Å². The first kappa shape index (κ1) is 9.47. The van der Waals surface area contributed by atoms with Crippen molar-refractivity contribution < 1.29 is 14.8 Å². The summed E-state index contributed by atoms with van der Waals surface area (Å²) in [6.45, 7) is 0. The van der Waals surface area contributed by atoms with Crippen molar-refractivity contribution in [3.63, 3.8) is 0 Å². The zero-order valence-electron chi connectivity index (χ0n) is 6.23. The van der Waals surface area contributed by atoms with Crippen LogP contribution in [0.1, 0.15) is 10.4 Å². The molecule has 0 saturated carbocycles. The van der Waals surface area contributed by atoms with E-state index in [9.17, 15) is 14.9 Å². The van der Waals surface area contributed by atoms with Gasteiger partial charge in [-0.3, -0.25) is 14.9 Å². The lowest BCUT2D eigenvalue weighted by Gasteiger charge is -1.96. The number of hydrogen-bond donors (Lipinski definition) is 1. The standard InChI is InChI=1S/C7H4ClNO4/c8-7(11)4-1-5(9(12)13)3-6(10)2-4/h1-3,10H. The lowest BCUT2D eigenvalue weighted by molar-refractivity contribution is -0.384. The molecule has 0 amide bonds. The fourth-order valence-electron chi connectivity index (χ4n) is 0.814. The molecule has 0 saturated heterocycles. The zero-order chi connectivity index (χ0) is 10.0. The summed E-state index contributed by atoms with van der Waals surface area (Å²) < 4.78 is 0. The third-order valence-electron chi connectivity index (χ3n) is 1.34. The molecule has 0 aliphatic carbocycles. The molecule has 6 heteroatoms. The van der Waals surface area contributed by atoms with Crippen molar-refractivity contribution in [2.75, 3.05) is 0 Å². The van der Waals surface area contributed by atoms with Gasteiger partial charge in [-0.1, -0.05) is 0 Å². The summed E-state index contributed by atoms with van der Waals surface area (Å²) in [5, 5.41) is 18.4. The molecule has 0 fully saturated rings. The average molecular weight is 202 g/mol. The lowest BCUT2D eigenvalue weighted by Crippen LogP contribution is -1.93. The predicted molar refractivity (Wildman–Crippen MR) is 44.9 cm³/mol. The summed E-state index contributed by atoms with van der Waals surface area (Å²) in [7, 11) is 0. The minimum atomic E-state index is -0.848. The van der Waals surface area contributed by atoms with Gasteiger partial charge in [0.25, 0.3) is 10.9 Å². The molecule has 1 aromatic rings. The minimum Gasteiger partial charge on any atom is -0.508 e. The van der Waals surface area contributed by atoms with E-state index >= 15 is 0 Å². The van der Waals surface area contributed by atoms with Crippen LogP contribution in [0.15, 0.2) is 18.2 Å². The topological polar surface area (TPSA) is 80.4 Å². The monoisotopic (exact) mass is 201 g/mol. The lowest BCUT2D eigenvalue weighted by atomic mass is 10.2. The number of nitro benzene ring substituents is 1. The zero-order valence-corrected chi connectivity index (χ0v) is 6.99. The van der Waals surface area contributed by atoms with Crippen molar-refractivity contribution in [1.82, 2.24) is 0 Å². The second kappa shape index (κ2) is 3.40. The maximum absolute atomic E-state index is 10.6. The molecule has 13 heavy (non-hydrogen) atoms. The number of halogens is 1. The summed E-state index contributed by atoms with van der Waals surface area (Å²) in [6, 6.07) is 2.99. The number of phenols is 1. The van der Waals surface area contributed by atoms with Crippen molar-refractivity contribution in [3.8, 4) is 5.75 Å². The molecule has 1 rings (SSSR count). The van der Waals surface area contributed by atoms with E-state index in [4.69, 9.17) is 16.7 Å². The average Bonchev–Trinajstić information content (AvgIpc) is 2.03. The summed E-state index contributed by atoms with van der Waals surface area (Å²) >= 11 is 5.08. The van der Waals surface area contributed by atoms with Crippen LogP contribution in [0.3, 0.4) is 0 Å². The predicted octanol–water partition coefficient (Wildman–Crippen LogP) is 1.68. The highest BCUT2D eigenvalue weighted by atomic mass is 35.5. The van der Waals surface area contributed by atoms with Crippen LogP contribution in [0.5, 0.6) is 5.75 Å². The molecular weight excluding hydrogens is 198 g/mol. The number of nitrogens with zero attached hydrogens (tertiary/aromatic N) is 1. The van der Waals surface area contributed by atoms with E-state index in [0.717, 1.165) is 18.2 Å². The first-order valence-electron chi connectivity index (χ1n) is 3.19. The molecule has 5 nitrogen and oxygen atoms in total. The van der Waals surface area contributed by atoms with Crippen molar-refractivity contribution in [3.05, 3.63) is 33.9 Å². The van der Waals surface area contributed by atoms with Crippen molar-refractivity contribution >= 4 is 22.5 Å². The molecule has 0 spiro atoms. The van der Waals surface area contributed by atoms with Crippen LogP contribution in [0.25, 0.3) is 0 Å². The quantitative estimate of drug-likeness (QED) is 0.448. The van der Waals surface area contributed by atoms with Gasteiger partial charge in [-0.2, -0.15) is 0 Å². The number of carbonyl (C=O) groups is 1. The van der Waals surface area contributed by atoms with Gasteiger partial charge in [0.1, 0.15) is 5.75 Å². The molecule has 0 radical (unpaired) electrons. The Morgan fingerprint density at radius 2 is 2.08 bits per heavy atom. The Bertz CT molecular complexity index is 345. The third kappa shape index (κ3) is 2.16. The van der Waals surface area contributed by atoms with Crippen LogP contribution in [-0.2, 0) is 0 Å². The number of nitro groups is 1. The summed E-state index contributed by atoms with van der Waals surface area (Å²) in [5.74, 6) is -0.363. The number of phenolic OH excluding ortho intramolecular Hbond substituents is 1. The molecular formula is C7H4ClNO4. The van der Waals surface area contributed by atoms with E-state index in [-0.39, 0.29) is 17.0 Å². The summed E-state index contributed by atoms with van der Waals surface area (Å²) in [4.78, 5) is 20.2. The van der Waals surface area contributed by atoms with E-state index in [1.165, 1.54) is 0 Å². The highest BCUT2D eigenvalue weighted by Crippen LogP contribution is 2.22. The van der Waals surface area contributed by atoms with Crippen molar-refractivity contribution in [2.24, 2.45) is 0 Å². The number of hydrogen-bond acceptors (Lipinski definition) is 4. The number of benzene rings is 1. The number of aromatic hydroxyl groups is 1. The Morgan fingerprint density at radius 3 is 2.54 bits per heavy atom. The second-order valence-corrected chi connectivity index (χ2v) is 2.61. The number of rotatable bonds is 2. The maximum atomic E-state index is 10.6. The van der Waals surface area contributed by atoms with Crippen LogP contribution >= 0.6 is 11.6 Å². The minimum absolute atomic E-state index is 0.103. The van der Waals surface area contributed by atoms with Crippen molar-refractivity contribution in [1.29, 1.82) is 0 Å². The largest absolute Gasteiger partial charge is 0.508 e. The first-order chi connectivity index (χ1) is 6.00. The smallest absolute Gasteiger partial charge is 0.273 e. The van der Waals surface area contributed by atoms with Gasteiger partial charge in [-0.15, -0.1) is 0 Å². The molecule has 1 N–H and O–H groups in total. The first-order valence-corrected chi connectivity index (χ1v) is 3.57. The van der Waals surface area contributed by atoms with Gasteiger partial charge < -0.3 is 5.11 Å². The molecule has 0 unspecified atom stereocenters. The van der Waals surface area contributed by atoms with E-state index in [2.05, 4.69) is 0 Å². The van der Waals surface area contributed by atoms with Gasteiger partial charge in [0.05, 0.1) is 11.0 Å². The molecule has 0 aliphatic rings. The molecule has 68 valence electrons. The van der Waals surface area contributed by atoms with Gasteiger partial charge in [0, 0.05) is 11.6 Å². The molecule has 0 atom stereocenters. The normalized spacial score (nSPS) is 9.62. The van der Waals surface area contributed by atoms with Gasteiger partial charge in [-0.05, 0) is 17.7 Å². The van der Waals surface area contributed by atoms with E-state index in [1.807, 2.05) is 0 Å². The van der Waals surface area contributed by atoms with Gasteiger partial charge in [0.15, 0.2) is 0 Å².